The Labute approximate surface area is 79.4 Å². The van der Waals surface area contributed by atoms with Gasteiger partial charge in [0.25, 0.3) is 0 Å². The van der Waals surface area contributed by atoms with Crippen LogP contribution in [0, 0.1) is 5.92 Å². The number of nitrogens with zero attached hydrogens (tertiary/aromatic N) is 1. The van der Waals surface area contributed by atoms with Gasteiger partial charge in [0.1, 0.15) is 0 Å². The fourth-order valence-electron chi connectivity index (χ4n) is 2.99. The highest BCUT2D eigenvalue weighted by molar-refractivity contribution is 4.96. The summed E-state index contributed by atoms with van der Waals surface area (Å²) < 4.78 is 5.43. The van der Waals surface area contributed by atoms with E-state index >= 15 is 0 Å². The zero-order chi connectivity index (χ0) is 8.67. The highest BCUT2D eigenvalue weighted by Crippen LogP contribution is 2.27. The maximum atomic E-state index is 5.43. The highest BCUT2D eigenvalue weighted by atomic mass is 16.5. The highest BCUT2D eigenvalue weighted by Gasteiger charge is 2.39. The zero-order valence-corrected chi connectivity index (χ0v) is 8.04. The van der Waals surface area contributed by atoms with Gasteiger partial charge in [-0.25, -0.2) is 0 Å². The van der Waals surface area contributed by atoms with Gasteiger partial charge >= 0.3 is 0 Å². The molecule has 3 heterocycles. The van der Waals surface area contributed by atoms with Crippen molar-refractivity contribution in [1.82, 2.24) is 10.2 Å². The quantitative estimate of drug-likeness (QED) is 0.621. The van der Waals surface area contributed by atoms with E-state index < -0.39 is 0 Å². The van der Waals surface area contributed by atoms with E-state index in [0.29, 0.717) is 0 Å². The van der Waals surface area contributed by atoms with Crippen LogP contribution < -0.4 is 5.32 Å². The van der Waals surface area contributed by atoms with Crippen molar-refractivity contribution in [2.24, 2.45) is 5.92 Å². The molecule has 3 saturated heterocycles. The molecule has 3 fully saturated rings. The van der Waals surface area contributed by atoms with Gasteiger partial charge in [-0.3, -0.25) is 4.90 Å². The summed E-state index contributed by atoms with van der Waals surface area (Å²) in [5, 5.41) is 3.59. The van der Waals surface area contributed by atoms with E-state index in [1.807, 2.05) is 0 Å². The number of hydrogen-bond acceptors (Lipinski definition) is 3. The Morgan fingerprint density at radius 1 is 1.23 bits per heavy atom. The first-order valence-corrected chi connectivity index (χ1v) is 5.48. The minimum atomic E-state index is 0.729. The Bertz CT molecular complexity index is 179. The van der Waals surface area contributed by atoms with E-state index in [4.69, 9.17) is 4.74 Å². The second-order valence-corrected chi connectivity index (χ2v) is 4.58. The minimum absolute atomic E-state index is 0.729. The van der Waals surface area contributed by atoms with Crippen LogP contribution in [0.3, 0.4) is 0 Å². The Morgan fingerprint density at radius 2 is 2.23 bits per heavy atom. The van der Waals surface area contributed by atoms with Gasteiger partial charge in [-0.1, -0.05) is 0 Å². The lowest BCUT2D eigenvalue weighted by Crippen LogP contribution is -2.37. The maximum Gasteiger partial charge on any atom is 0.0622 e. The van der Waals surface area contributed by atoms with Crippen molar-refractivity contribution in [1.29, 1.82) is 0 Å². The topological polar surface area (TPSA) is 24.5 Å². The summed E-state index contributed by atoms with van der Waals surface area (Å²) in [6, 6.07) is 1.52. The van der Waals surface area contributed by atoms with Gasteiger partial charge in [-0.05, 0) is 25.3 Å². The van der Waals surface area contributed by atoms with Crippen LogP contribution in [-0.4, -0.2) is 49.8 Å². The predicted octanol–water partition coefficient (Wildman–Crippen LogP) is 0.0690. The van der Waals surface area contributed by atoms with E-state index in [2.05, 4.69) is 10.2 Å². The summed E-state index contributed by atoms with van der Waals surface area (Å²) in [6.07, 6.45) is 2.63. The molecular weight excluding hydrogens is 164 g/mol. The molecule has 3 heteroatoms. The van der Waals surface area contributed by atoms with Crippen LogP contribution in [0.15, 0.2) is 0 Å². The molecule has 0 aromatic rings. The third-order valence-corrected chi connectivity index (χ3v) is 3.81. The molecular formula is C10H18N2O. The van der Waals surface area contributed by atoms with Crippen molar-refractivity contribution in [3.63, 3.8) is 0 Å². The average Bonchev–Trinajstić information content (AvgIpc) is 2.78. The average molecular weight is 182 g/mol. The molecule has 3 nitrogen and oxygen atoms in total. The number of hydrogen-bond donors (Lipinski definition) is 1. The first-order valence-electron chi connectivity index (χ1n) is 5.48. The Morgan fingerprint density at radius 3 is 3.00 bits per heavy atom. The van der Waals surface area contributed by atoms with Gasteiger partial charge < -0.3 is 10.1 Å². The first-order chi connectivity index (χ1) is 6.43. The molecule has 0 aliphatic carbocycles. The van der Waals surface area contributed by atoms with Gasteiger partial charge in [-0.2, -0.15) is 0 Å². The number of nitrogens with one attached hydrogen (secondary N) is 1. The van der Waals surface area contributed by atoms with Crippen molar-refractivity contribution in [3.8, 4) is 0 Å². The molecule has 0 spiro atoms. The summed E-state index contributed by atoms with van der Waals surface area (Å²) >= 11 is 0. The summed E-state index contributed by atoms with van der Waals surface area (Å²) in [4.78, 5) is 2.63. The van der Waals surface area contributed by atoms with Crippen LogP contribution in [0.5, 0.6) is 0 Å². The van der Waals surface area contributed by atoms with Crippen LogP contribution >= 0.6 is 0 Å². The smallest absolute Gasteiger partial charge is 0.0622 e. The summed E-state index contributed by atoms with van der Waals surface area (Å²) in [7, 11) is 0. The van der Waals surface area contributed by atoms with Gasteiger partial charge in [0.15, 0.2) is 0 Å². The molecule has 0 saturated carbocycles. The second kappa shape index (κ2) is 3.23. The lowest BCUT2D eigenvalue weighted by Gasteiger charge is -2.22. The second-order valence-electron chi connectivity index (χ2n) is 4.58. The minimum Gasteiger partial charge on any atom is -0.380 e. The Balaban J connectivity index is 1.62. The van der Waals surface area contributed by atoms with E-state index in [1.54, 1.807) is 0 Å². The van der Waals surface area contributed by atoms with E-state index in [-0.39, 0.29) is 0 Å². The normalized spacial score (nSPS) is 45.7. The molecule has 3 rings (SSSR count). The number of likely N-dealkylation sites (tertiary alicyclic amines) is 1. The molecule has 0 bridgehead atoms. The zero-order valence-electron chi connectivity index (χ0n) is 8.04. The number of fused-ring (bicyclic) bond motifs is 1. The van der Waals surface area contributed by atoms with Crippen molar-refractivity contribution < 1.29 is 4.74 Å². The molecule has 3 aliphatic heterocycles. The Hall–Kier alpha value is -0.120. The van der Waals surface area contributed by atoms with Gasteiger partial charge in [0.2, 0.25) is 0 Å². The molecule has 3 atom stereocenters. The SMILES string of the molecule is C1C[C@H]2CN(C3CCOC3)C[C@H]2N1. The van der Waals surface area contributed by atoms with Gasteiger partial charge in [0, 0.05) is 31.8 Å². The molecule has 13 heavy (non-hydrogen) atoms. The van der Waals surface area contributed by atoms with Crippen LogP contribution in [-0.2, 0) is 4.74 Å². The van der Waals surface area contributed by atoms with Crippen molar-refractivity contribution >= 4 is 0 Å². The van der Waals surface area contributed by atoms with E-state index in [1.165, 1.54) is 32.5 Å². The van der Waals surface area contributed by atoms with Crippen LogP contribution in [0.1, 0.15) is 12.8 Å². The molecule has 0 aromatic heterocycles. The monoisotopic (exact) mass is 182 g/mol. The Kier molecular flexibility index (Phi) is 2.04. The fourth-order valence-corrected chi connectivity index (χ4v) is 2.99. The maximum absolute atomic E-state index is 5.43. The van der Waals surface area contributed by atoms with Crippen LogP contribution in [0.2, 0.25) is 0 Å². The fraction of sp³-hybridized carbons (Fsp3) is 1.00. The van der Waals surface area contributed by atoms with Gasteiger partial charge in [0.05, 0.1) is 6.61 Å². The van der Waals surface area contributed by atoms with Crippen LogP contribution in [0.25, 0.3) is 0 Å². The molecule has 0 radical (unpaired) electrons. The molecule has 1 N–H and O–H groups in total. The molecule has 3 aliphatic rings. The lowest BCUT2D eigenvalue weighted by molar-refractivity contribution is 0.155. The third-order valence-electron chi connectivity index (χ3n) is 3.81. The molecule has 1 unspecified atom stereocenters. The molecule has 74 valence electrons. The van der Waals surface area contributed by atoms with Crippen molar-refractivity contribution in [3.05, 3.63) is 0 Å². The van der Waals surface area contributed by atoms with Gasteiger partial charge in [-0.15, -0.1) is 0 Å². The van der Waals surface area contributed by atoms with Crippen LogP contribution in [0.4, 0.5) is 0 Å². The largest absolute Gasteiger partial charge is 0.380 e. The number of rotatable bonds is 1. The first kappa shape index (κ1) is 8.21. The van der Waals surface area contributed by atoms with E-state index in [9.17, 15) is 0 Å². The number of ether oxygens (including phenoxy) is 1. The molecule has 0 amide bonds. The summed E-state index contributed by atoms with van der Waals surface area (Å²) in [5.74, 6) is 0.931. The van der Waals surface area contributed by atoms with Crippen molar-refractivity contribution in [2.75, 3.05) is 32.8 Å². The van der Waals surface area contributed by atoms with Crippen molar-refractivity contribution in [2.45, 2.75) is 24.9 Å². The predicted molar refractivity (Wildman–Crippen MR) is 50.7 cm³/mol. The third kappa shape index (κ3) is 1.39. The summed E-state index contributed by atoms with van der Waals surface area (Å²) in [5.41, 5.74) is 0. The molecule has 0 aromatic carbocycles. The lowest BCUT2D eigenvalue weighted by atomic mass is 10.1. The summed E-state index contributed by atoms with van der Waals surface area (Å²) in [6.45, 7) is 5.76. The van der Waals surface area contributed by atoms with E-state index in [0.717, 1.165) is 31.2 Å². The standard InChI is InChI=1S/C10H18N2O/c1-3-11-10-6-12(5-8(1)10)9-2-4-13-7-9/h8-11H,1-7H2/t8-,9?,10+/m0/s1.